The third kappa shape index (κ3) is 6.54. The molecule has 1 heterocycles. The number of aliphatic imine (C=N–C) groups is 1. The van der Waals surface area contributed by atoms with E-state index in [1.807, 2.05) is 11.8 Å². The van der Waals surface area contributed by atoms with Gasteiger partial charge in [-0.05, 0) is 38.0 Å². The molecule has 0 unspecified atom stereocenters. The second-order valence-corrected chi connectivity index (χ2v) is 6.29. The van der Waals surface area contributed by atoms with Gasteiger partial charge in [0.1, 0.15) is 5.82 Å². The standard InChI is InChI=1S/C16H22BrFN4O.HI/c1-2-19-16(21-11-15(23)22-7-3-4-8-22)20-10-12-9-13(17)5-6-14(12)18;/h5-6,9H,2-4,7-8,10-11H2,1H3,(H2,19,20,21);1H. The van der Waals surface area contributed by atoms with Crippen LogP contribution in [0.15, 0.2) is 27.7 Å². The number of benzene rings is 1. The van der Waals surface area contributed by atoms with Gasteiger partial charge >= 0.3 is 0 Å². The average Bonchev–Trinajstić information content (AvgIpc) is 3.07. The van der Waals surface area contributed by atoms with Crippen LogP contribution in [0.25, 0.3) is 0 Å². The number of carbonyl (C=O) groups excluding carboxylic acids is 1. The van der Waals surface area contributed by atoms with Gasteiger partial charge in [-0.3, -0.25) is 4.79 Å². The highest BCUT2D eigenvalue weighted by Crippen LogP contribution is 2.16. The molecule has 1 aliphatic heterocycles. The quantitative estimate of drug-likeness (QED) is 0.362. The van der Waals surface area contributed by atoms with Gasteiger partial charge in [0, 0.05) is 29.7 Å². The van der Waals surface area contributed by atoms with E-state index in [-0.39, 0.29) is 48.8 Å². The van der Waals surface area contributed by atoms with Gasteiger partial charge in [-0.2, -0.15) is 0 Å². The highest BCUT2D eigenvalue weighted by molar-refractivity contribution is 14.0. The van der Waals surface area contributed by atoms with Crippen LogP contribution in [-0.2, 0) is 11.3 Å². The van der Waals surface area contributed by atoms with Crippen LogP contribution >= 0.6 is 39.9 Å². The molecule has 0 atom stereocenters. The van der Waals surface area contributed by atoms with Crippen molar-refractivity contribution in [3.8, 4) is 0 Å². The van der Waals surface area contributed by atoms with E-state index in [4.69, 9.17) is 0 Å². The van der Waals surface area contributed by atoms with Crippen LogP contribution < -0.4 is 10.6 Å². The van der Waals surface area contributed by atoms with Gasteiger partial charge < -0.3 is 15.5 Å². The molecule has 2 N–H and O–H groups in total. The van der Waals surface area contributed by atoms with Gasteiger partial charge in [0.05, 0.1) is 13.1 Å². The first kappa shape index (κ1) is 21.1. The summed E-state index contributed by atoms with van der Waals surface area (Å²) in [6.07, 6.45) is 2.14. The highest BCUT2D eigenvalue weighted by Gasteiger charge is 2.17. The molecule has 24 heavy (non-hydrogen) atoms. The maximum absolute atomic E-state index is 13.7. The normalized spacial score (nSPS) is 14.3. The Kier molecular flexibility index (Phi) is 9.57. The molecule has 0 spiro atoms. The predicted molar refractivity (Wildman–Crippen MR) is 108 cm³/mol. The molecule has 5 nitrogen and oxygen atoms in total. The average molecular weight is 513 g/mol. The lowest BCUT2D eigenvalue weighted by atomic mass is 10.2. The Morgan fingerprint density at radius 3 is 2.71 bits per heavy atom. The summed E-state index contributed by atoms with van der Waals surface area (Å²) in [5.74, 6) is 0.294. The molecule has 0 saturated carbocycles. The van der Waals surface area contributed by atoms with Crippen LogP contribution in [0.2, 0.25) is 0 Å². The number of halogens is 3. The molecular weight excluding hydrogens is 490 g/mol. The Labute approximate surface area is 167 Å². The number of hydrogen-bond acceptors (Lipinski definition) is 2. The van der Waals surface area contributed by atoms with Crippen molar-refractivity contribution in [2.45, 2.75) is 26.3 Å². The Morgan fingerprint density at radius 2 is 2.04 bits per heavy atom. The topological polar surface area (TPSA) is 56.7 Å². The first-order valence-corrected chi connectivity index (χ1v) is 8.63. The van der Waals surface area contributed by atoms with Crippen LogP contribution in [-0.4, -0.2) is 42.9 Å². The lowest BCUT2D eigenvalue weighted by molar-refractivity contribution is -0.128. The number of rotatable bonds is 5. The number of hydrogen-bond donors (Lipinski definition) is 2. The van der Waals surface area contributed by atoms with Crippen molar-refractivity contribution in [3.05, 3.63) is 34.1 Å². The monoisotopic (exact) mass is 512 g/mol. The number of likely N-dealkylation sites (tertiary alicyclic amines) is 1. The van der Waals surface area contributed by atoms with Gasteiger partial charge in [0.2, 0.25) is 5.91 Å². The molecule has 1 amide bonds. The van der Waals surface area contributed by atoms with Crippen molar-refractivity contribution >= 4 is 51.8 Å². The molecule has 2 rings (SSSR count). The van der Waals surface area contributed by atoms with Crippen LogP contribution in [0.4, 0.5) is 4.39 Å². The van der Waals surface area contributed by atoms with Crippen molar-refractivity contribution in [1.82, 2.24) is 15.5 Å². The SMILES string of the molecule is CCNC(=NCc1cc(Br)ccc1F)NCC(=O)N1CCCC1.I. The van der Waals surface area contributed by atoms with Crippen molar-refractivity contribution in [2.75, 3.05) is 26.2 Å². The molecule has 1 fully saturated rings. The fourth-order valence-electron chi connectivity index (χ4n) is 2.41. The zero-order valence-corrected chi connectivity index (χ0v) is 17.6. The molecule has 0 aliphatic carbocycles. The van der Waals surface area contributed by atoms with E-state index in [1.54, 1.807) is 12.1 Å². The number of carbonyl (C=O) groups is 1. The summed E-state index contributed by atoms with van der Waals surface area (Å²) in [5, 5.41) is 6.08. The summed E-state index contributed by atoms with van der Waals surface area (Å²) in [6.45, 7) is 4.68. The summed E-state index contributed by atoms with van der Waals surface area (Å²) in [7, 11) is 0. The molecule has 1 aromatic carbocycles. The molecule has 1 aromatic rings. The maximum atomic E-state index is 13.7. The van der Waals surface area contributed by atoms with Crippen molar-refractivity contribution in [2.24, 2.45) is 4.99 Å². The largest absolute Gasteiger partial charge is 0.357 e. The Balaban J connectivity index is 0.00000288. The highest BCUT2D eigenvalue weighted by atomic mass is 127. The summed E-state index contributed by atoms with van der Waals surface area (Å²) in [6, 6.07) is 4.77. The minimum atomic E-state index is -0.291. The smallest absolute Gasteiger partial charge is 0.241 e. The minimum Gasteiger partial charge on any atom is -0.357 e. The maximum Gasteiger partial charge on any atom is 0.241 e. The second-order valence-electron chi connectivity index (χ2n) is 5.37. The number of guanidine groups is 1. The minimum absolute atomic E-state index is 0. The van der Waals surface area contributed by atoms with Crippen LogP contribution in [0.3, 0.4) is 0 Å². The summed E-state index contributed by atoms with van der Waals surface area (Å²) >= 11 is 3.32. The van der Waals surface area contributed by atoms with E-state index in [0.29, 0.717) is 18.1 Å². The summed E-state index contributed by atoms with van der Waals surface area (Å²) in [4.78, 5) is 18.2. The van der Waals surface area contributed by atoms with Gasteiger partial charge in [-0.1, -0.05) is 15.9 Å². The number of nitrogens with zero attached hydrogens (tertiary/aromatic N) is 2. The van der Waals surface area contributed by atoms with E-state index in [1.165, 1.54) is 6.07 Å². The summed E-state index contributed by atoms with van der Waals surface area (Å²) in [5.41, 5.74) is 0.502. The van der Waals surface area contributed by atoms with Crippen molar-refractivity contribution < 1.29 is 9.18 Å². The lowest BCUT2D eigenvalue weighted by Crippen LogP contribution is -2.44. The molecule has 0 aromatic heterocycles. The molecule has 0 radical (unpaired) electrons. The molecule has 1 aliphatic rings. The third-order valence-corrected chi connectivity index (χ3v) is 4.12. The van der Waals surface area contributed by atoms with E-state index in [0.717, 1.165) is 30.4 Å². The first-order valence-electron chi connectivity index (χ1n) is 7.84. The fourth-order valence-corrected chi connectivity index (χ4v) is 2.82. The van der Waals surface area contributed by atoms with Gasteiger partial charge in [0.25, 0.3) is 0 Å². The number of nitrogens with one attached hydrogen (secondary N) is 2. The summed E-state index contributed by atoms with van der Waals surface area (Å²) < 4.78 is 14.5. The van der Waals surface area contributed by atoms with Crippen LogP contribution in [0, 0.1) is 5.82 Å². The Bertz CT molecular complexity index is 579. The second kappa shape index (κ2) is 10.9. The van der Waals surface area contributed by atoms with Gasteiger partial charge in [-0.15, -0.1) is 24.0 Å². The fraction of sp³-hybridized carbons (Fsp3) is 0.500. The predicted octanol–water partition coefficient (Wildman–Crippen LogP) is 2.88. The van der Waals surface area contributed by atoms with Gasteiger partial charge in [-0.25, -0.2) is 9.38 Å². The van der Waals surface area contributed by atoms with E-state index >= 15 is 0 Å². The zero-order chi connectivity index (χ0) is 16.7. The molecular formula is C16H23BrFIN4O. The first-order chi connectivity index (χ1) is 11.1. The molecule has 1 saturated heterocycles. The third-order valence-electron chi connectivity index (χ3n) is 3.63. The lowest BCUT2D eigenvalue weighted by Gasteiger charge is -2.17. The zero-order valence-electron chi connectivity index (χ0n) is 13.6. The molecule has 134 valence electrons. The Morgan fingerprint density at radius 1 is 1.33 bits per heavy atom. The van der Waals surface area contributed by atoms with E-state index < -0.39 is 0 Å². The van der Waals surface area contributed by atoms with Crippen molar-refractivity contribution in [1.29, 1.82) is 0 Å². The van der Waals surface area contributed by atoms with Crippen molar-refractivity contribution in [3.63, 3.8) is 0 Å². The van der Waals surface area contributed by atoms with Crippen LogP contribution in [0.5, 0.6) is 0 Å². The molecule has 8 heteroatoms. The van der Waals surface area contributed by atoms with Crippen LogP contribution in [0.1, 0.15) is 25.3 Å². The molecule has 0 bridgehead atoms. The van der Waals surface area contributed by atoms with E-state index in [9.17, 15) is 9.18 Å². The van der Waals surface area contributed by atoms with E-state index in [2.05, 4.69) is 31.6 Å². The van der Waals surface area contributed by atoms with Gasteiger partial charge in [0.15, 0.2) is 5.96 Å². The Hall–Kier alpha value is -0.900. The number of amides is 1.